The fourth-order valence-corrected chi connectivity index (χ4v) is 5.73. The Balaban J connectivity index is 0.000000320. The molecule has 7 atom stereocenters. The Kier molecular flexibility index (Phi) is 14.3. The minimum Gasteiger partial charge on any atom is -0.481 e. The molecule has 12 heteroatoms. The van der Waals surface area contributed by atoms with E-state index in [9.17, 15) is 39.0 Å². The molecule has 0 saturated heterocycles. The fraction of sp³-hybridized carbons (Fsp3) is 0.765. The van der Waals surface area contributed by atoms with Gasteiger partial charge in [-0.3, -0.25) is 28.8 Å². The van der Waals surface area contributed by atoms with E-state index < -0.39 is 64.5 Å². The van der Waals surface area contributed by atoms with Gasteiger partial charge in [-0.05, 0) is 78.6 Å². The lowest BCUT2D eigenvalue weighted by atomic mass is 9.79. The molecule has 3 aliphatic carbocycles. The van der Waals surface area contributed by atoms with Crippen molar-refractivity contribution >= 4 is 35.8 Å². The summed E-state index contributed by atoms with van der Waals surface area (Å²) in [5.41, 5.74) is -1.14. The van der Waals surface area contributed by atoms with Crippen molar-refractivity contribution < 1.29 is 57.9 Å². The molecular weight excluding hydrogens is 600 g/mol. The molecule has 3 rings (SSSR count). The van der Waals surface area contributed by atoms with Crippen LogP contribution in [0.4, 0.5) is 0 Å². The molecule has 2 N–H and O–H groups in total. The number of hydrogen-bond acceptors (Lipinski definition) is 10. The highest BCUT2D eigenvalue weighted by Crippen LogP contribution is 2.48. The van der Waals surface area contributed by atoms with E-state index in [1.165, 1.54) is 0 Å². The normalized spacial score (nSPS) is 25.8. The number of ether oxygens (including phenoxy) is 4. The Morgan fingerprint density at radius 2 is 1.24 bits per heavy atom. The van der Waals surface area contributed by atoms with E-state index in [0.717, 1.165) is 12.8 Å². The van der Waals surface area contributed by atoms with E-state index in [0.29, 0.717) is 32.1 Å². The lowest BCUT2D eigenvalue weighted by molar-refractivity contribution is -0.169. The summed E-state index contributed by atoms with van der Waals surface area (Å²) in [7, 11) is 0. The Bertz CT molecular complexity index is 1140. The first-order valence-corrected chi connectivity index (χ1v) is 16.3. The molecule has 12 nitrogen and oxygen atoms in total. The van der Waals surface area contributed by atoms with Crippen molar-refractivity contribution in [2.45, 2.75) is 99.5 Å². The summed E-state index contributed by atoms with van der Waals surface area (Å²) in [4.78, 5) is 70.6. The van der Waals surface area contributed by atoms with Crippen LogP contribution in [0.3, 0.4) is 0 Å². The van der Waals surface area contributed by atoms with Crippen LogP contribution in [0, 0.1) is 46.3 Å². The van der Waals surface area contributed by atoms with E-state index in [4.69, 9.17) is 18.9 Å². The van der Waals surface area contributed by atoms with Crippen molar-refractivity contribution in [3.8, 4) is 0 Å². The lowest BCUT2D eigenvalue weighted by Crippen LogP contribution is -2.36. The second kappa shape index (κ2) is 16.9. The first kappa shape index (κ1) is 38.7. The number of aliphatic carboxylic acids is 2. The van der Waals surface area contributed by atoms with Crippen molar-refractivity contribution in [1.29, 1.82) is 0 Å². The van der Waals surface area contributed by atoms with Gasteiger partial charge in [0.2, 0.25) is 0 Å². The standard InChI is InChI=1S/C17H24O6.C17H28O6/c1-4-17(2,3)16(21)23-8-7-22-15(20)13-11-6-5-10(9-11)12(13)14(18)19;1-5-17(3,4)16(21)23-11(2)10-22-15(20)13-9-7-6-8-12(13)14(18)19/h5-6,10-13H,4,7-9H2,1-3H3,(H,18,19);11-13H,5-10H2,1-4H3,(H,18,19). The molecule has 0 heterocycles. The number of esters is 4. The molecule has 0 aromatic carbocycles. The SMILES string of the molecule is CCC(C)(C)C(=O)OC(C)COC(=O)C1CCCCC1C(=O)O.CCC(C)(C)C(=O)OCCOC(=O)C1C2C=CC(C2)C1C(=O)O. The number of allylic oxidation sites excluding steroid dienone is 2. The Morgan fingerprint density at radius 1 is 0.717 bits per heavy atom. The van der Waals surface area contributed by atoms with Crippen molar-refractivity contribution in [2.24, 2.45) is 46.3 Å². The van der Waals surface area contributed by atoms with Crippen molar-refractivity contribution in [3.05, 3.63) is 12.2 Å². The molecule has 0 aromatic heterocycles. The van der Waals surface area contributed by atoms with Crippen LogP contribution in [0.1, 0.15) is 93.4 Å². The fourth-order valence-electron chi connectivity index (χ4n) is 5.73. The van der Waals surface area contributed by atoms with Crippen molar-refractivity contribution in [2.75, 3.05) is 19.8 Å². The monoisotopic (exact) mass is 652 g/mol. The zero-order valence-electron chi connectivity index (χ0n) is 28.2. The summed E-state index contributed by atoms with van der Waals surface area (Å²) in [5.74, 6) is -6.35. The van der Waals surface area contributed by atoms with Gasteiger partial charge in [-0.1, -0.05) is 38.8 Å². The van der Waals surface area contributed by atoms with E-state index >= 15 is 0 Å². The third kappa shape index (κ3) is 10.3. The second-order valence-electron chi connectivity index (χ2n) is 13.8. The van der Waals surface area contributed by atoms with Gasteiger partial charge in [0.25, 0.3) is 0 Å². The first-order valence-electron chi connectivity index (χ1n) is 16.3. The van der Waals surface area contributed by atoms with Crippen LogP contribution >= 0.6 is 0 Å². The minimum absolute atomic E-state index is 0.0115. The molecule has 46 heavy (non-hydrogen) atoms. The van der Waals surface area contributed by atoms with E-state index in [1.54, 1.807) is 34.6 Å². The van der Waals surface area contributed by atoms with Crippen LogP contribution in [0.2, 0.25) is 0 Å². The van der Waals surface area contributed by atoms with Crippen LogP contribution in [0.15, 0.2) is 12.2 Å². The summed E-state index contributed by atoms with van der Waals surface area (Å²) in [5, 5.41) is 18.5. The van der Waals surface area contributed by atoms with E-state index in [2.05, 4.69) is 0 Å². The highest BCUT2D eigenvalue weighted by molar-refractivity contribution is 5.84. The van der Waals surface area contributed by atoms with Crippen LogP contribution in [0.5, 0.6) is 0 Å². The molecule has 0 spiro atoms. The van der Waals surface area contributed by atoms with Gasteiger partial charge in [0.1, 0.15) is 25.9 Å². The van der Waals surface area contributed by atoms with Crippen LogP contribution < -0.4 is 0 Å². The Hall–Kier alpha value is -3.44. The first-order chi connectivity index (χ1) is 21.5. The number of carboxylic acid groups (broad SMARTS) is 2. The summed E-state index contributed by atoms with van der Waals surface area (Å²) in [6.07, 6.45) is 7.92. The zero-order chi connectivity index (χ0) is 34.8. The van der Waals surface area contributed by atoms with Gasteiger partial charge in [-0.2, -0.15) is 0 Å². The zero-order valence-corrected chi connectivity index (χ0v) is 28.2. The highest BCUT2D eigenvalue weighted by Gasteiger charge is 2.52. The third-order valence-corrected chi connectivity index (χ3v) is 9.60. The topological polar surface area (TPSA) is 180 Å². The average Bonchev–Trinajstić information content (AvgIpc) is 3.64. The van der Waals surface area contributed by atoms with Gasteiger partial charge in [-0.15, -0.1) is 0 Å². The van der Waals surface area contributed by atoms with Crippen molar-refractivity contribution in [1.82, 2.24) is 0 Å². The maximum Gasteiger partial charge on any atom is 0.311 e. The molecule has 2 fully saturated rings. The summed E-state index contributed by atoms with van der Waals surface area (Å²) in [6.45, 7) is 12.5. The molecule has 260 valence electrons. The molecule has 0 radical (unpaired) electrons. The number of carboxylic acids is 2. The molecule has 0 aromatic rings. The van der Waals surface area contributed by atoms with Gasteiger partial charge in [0.15, 0.2) is 0 Å². The van der Waals surface area contributed by atoms with Gasteiger partial charge < -0.3 is 29.2 Å². The molecule has 3 aliphatic rings. The van der Waals surface area contributed by atoms with Gasteiger partial charge in [0.05, 0.1) is 34.5 Å². The van der Waals surface area contributed by atoms with E-state index in [1.807, 2.05) is 26.0 Å². The number of carbonyl (C=O) groups is 6. The second-order valence-corrected chi connectivity index (χ2v) is 13.8. The number of rotatable bonds is 14. The lowest BCUT2D eigenvalue weighted by Gasteiger charge is -2.27. The molecule has 0 amide bonds. The average molecular weight is 653 g/mol. The largest absolute Gasteiger partial charge is 0.481 e. The number of carbonyl (C=O) groups excluding carboxylic acids is 4. The van der Waals surface area contributed by atoms with Crippen LogP contribution in [-0.4, -0.2) is 72.0 Å². The predicted octanol–water partition coefficient (Wildman–Crippen LogP) is 4.82. The molecular formula is C34H52O12. The molecule has 7 unspecified atom stereocenters. The van der Waals surface area contributed by atoms with E-state index in [-0.39, 0.29) is 43.6 Å². The number of hydrogen-bond donors (Lipinski definition) is 2. The van der Waals surface area contributed by atoms with Crippen molar-refractivity contribution in [3.63, 3.8) is 0 Å². The highest BCUT2D eigenvalue weighted by atomic mass is 16.6. The Morgan fingerprint density at radius 3 is 1.78 bits per heavy atom. The molecule has 0 aliphatic heterocycles. The smallest absolute Gasteiger partial charge is 0.311 e. The maximum absolute atomic E-state index is 12.2. The third-order valence-electron chi connectivity index (χ3n) is 9.60. The Labute approximate surface area is 271 Å². The summed E-state index contributed by atoms with van der Waals surface area (Å²) < 4.78 is 20.7. The number of fused-ring (bicyclic) bond motifs is 2. The minimum atomic E-state index is -0.958. The van der Waals surface area contributed by atoms with Gasteiger partial charge >= 0.3 is 35.8 Å². The van der Waals surface area contributed by atoms with Gasteiger partial charge in [0, 0.05) is 0 Å². The quantitative estimate of drug-likeness (QED) is 0.113. The predicted molar refractivity (Wildman–Crippen MR) is 165 cm³/mol. The summed E-state index contributed by atoms with van der Waals surface area (Å²) >= 11 is 0. The maximum atomic E-state index is 12.2. The molecule has 2 bridgehead atoms. The van der Waals surface area contributed by atoms with Crippen LogP contribution in [0.25, 0.3) is 0 Å². The molecule has 2 saturated carbocycles. The van der Waals surface area contributed by atoms with Crippen LogP contribution in [-0.2, 0) is 47.7 Å². The van der Waals surface area contributed by atoms with Gasteiger partial charge in [-0.25, -0.2) is 0 Å². The summed E-state index contributed by atoms with van der Waals surface area (Å²) in [6, 6.07) is 0.